The molecule has 0 spiro atoms. The van der Waals surface area contributed by atoms with Crippen LogP contribution < -0.4 is 14.2 Å². The molecule has 0 saturated heterocycles. The van der Waals surface area contributed by atoms with Crippen molar-refractivity contribution in [3.8, 4) is 17.2 Å². The number of fused-ring (bicyclic) bond motifs is 1. The molecular formula is C35H37ClN2O10S. The number of hydrogen-bond acceptors (Lipinski definition) is 10. The number of ether oxygens (including phenoxy) is 6. The first-order valence-corrected chi connectivity index (χ1v) is 17.0. The van der Waals surface area contributed by atoms with Crippen molar-refractivity contribution in [1.82, 2.24) is 4.31 Å². The van der Waals surface area contributed by atoms with E-state index in [-0.39, 0.29) is 36.9 Å². The Kier molecular flexibility index (Phi) is 11.4. The lowest BCUT2D eigenvalue weighted by Crippen LogP contribution is -2.51. The number of methoxy groups -OCH3 is 4. The Morgan fingerprint density at radius 3 is 2.00 bits per heavy atom. The molecule has 49 heavy (non-hydrogen) atoms. The molecule has 0 aromatic heterocycles. The van der Waals surface area contributed by atoms with Crippen molar-refractivity contribution in [2.75, 3.05) is 41.7 Å². The van der Waals surface area contributed by atoms with Gasteiger partial charge in [-0.25, -0.2) is 8.42 Å². The molecule has 0 fully saturated rings. The minimum absolute atomic E-state index is 0.0108. The lowest BCUT2D eigenvalue weighted by Gasteiger charge is -2.42. The summed E-state index contributed by atoms with van der Waals surface area (Å²) in [6.07, 6.45) is -0.371. The molecule has 4 aromatic rings. The van der Waals surface area contributed by atoms with Gasteiger partial charge in [-0.2, -0.15) is 4.31 Å². The molecule has 12 nitrogen and oxygen atoms in total. The zero-order valence-corrected chi connectivity index (χ0v) is 29.0. The molecule has 0 amide bonds. The van der Waals surface area contributed by atoms with E-state index in [2.05, 4.69) is 0 Å². The Morgan fingerprint density at radius 1 is 0.878 bits per heavy atom. The lowest BCUT2D eigenvalue weighted by molar-refractivity contribution is -0.386. The number of nitrogens with zero attached hydrogens (tertiary/aromatic N) is 2. The van der Waals surface area contributed by atoms with Crippen LogP contribution in [0.1, 0.15) is 22.3 Å². The largest absolute Gasteiger partial charge is 0.497 e. The summed E-state index contributed by atoms with van der Waals surface area (Å²) < 4.78 is 63.7. The molecule has 260 valence electrons. The first-order valence-electron chi connectivity index (χ1n) is 15.2. The van der Waals surface area contributed by atoms with Gasteiger partial charge in [0.1, 0.15) is 18.1 Å². The molecule has 0 saturated carbocycles. The van der Waals surface area contributed by atoms with E-state index in [1.54, 1.807) is 74.9 Å². The Balaban J connectivity index is 1.49. The summed E-state index contributed by atoms with van der Waals surface area (Å²) in [6, 6.07) is 22.9. The standard InChI is InChI=1S/C35H37ClN2O10S/c1-43-28-10-5-24(6-11-28)21-37(22-25-7-12-29(44-2)13-8-25)49(41,42)30-14-16-33(32(20-30)38(39)40)47-23-35(34(45-3)46-4)31-15-9-27(36)19-26(31)17-18-48-35/h5-16,19-20,34H,17-18,21-23H2,1-4H3/t35-/m1/s1. The highest BCUT2D eigenvalue weighted by molar-refractivity contribution is 7.89. The number of rotatable bonds is 15. The molecule has 1 aliphatic rings. The third-order valence-corrected chi connectivity index (χ3v) is 10.3. The zero-order chi connectivity index (χ0) is 35.2. The molecule has 1 aliphatic heterocycles. The van der Waals surface area contributed by atoms with E-state index in [0.29, 0.717) is 39.6 Å². The van der Waals surface area contributed by atoms with Gasteiger partial charge in [0.25, 0.3) is 0 Å². The van der Waals surface area contributed by atoms with E-state index in [1.807, 2.05) is 6.07 Å². The summed E-state index contributed by atoms with van der Waals surface area (Å²) in [4.78, 5) is 11.4. The maximum absolute atomic E-state index is 14.2. The van der Waals surface area contributed by atoms with Gasteiger partial charge in [0, 0.05) is 38.4 Å². The summed E-state index contributed by atoms with van der Waals surface area (Å²) >= 11 is 6.26. The topological polar surface area (TPSA) is 136 Å². The van der Waals surface area contributed by atoms with Gasteiger partial charge >= 0.3 is 5.69 Å². The van der Waals surface area contributed by atoms with Crippen LogP contribution in [-0.2, 0) is 49.3 Å². The predicted octanol–water partition coefficient (Wildman–Crippen LogP) is 6.12. The molecule has 0 unspecified atom stereocenters. The van der Waals surface area contributed by atoms with Crippen molar-refractivity contribution >= 4 is 27.3 Å². The van der Waals surface area contributed by atoms with Gasteiger partial charge in [0.15, 0.2) is 17.6 Å². The number of halogens is 1. The number of sulfonamides is 1. The van der Waals surface area contributed by atoms with Crippen molar-refractivity contribution in [2.45, 2.75) is 36.3 Å². The second-order valence-corrected chi connectivity index (χ2v) is 13.6. The highest BCUT2D eigenvalue weighted by Crippen LogP contribution is 2.41. The molecule has 0 aliphatic carbocycles. The summed E-state index contributed by atoms with van der Waals surface area (Å²) in [6.45, 7) is 0.0195. The molecule has 1 atom stereocenters. The maximum atomic E-state index is 14.2. The minimum Gasteiger partial charge on any atom is -0.497 e. The fourth-order valence-electron chi connectivity index (χ4n) is 5.81. The fraction of sp³-hybridized carbons (Fsp3) is 0.314. The number of benzene rings is 4. The van der Waals surface area contributed by atoms with Crippen molar-refractivity contribution < 1.29 is 41.8 Å². The van der Waals surface area contributed by atoms with Crippen LogP contribution in [0.4, 0.5) is 5.69 Å². The maximum Gasteiger partial charge on any atom is 0.312 e. The monoisotopic (exact) mass is 712 g/mol. The second-order valence-electron chi connectivity index (χ2n) is 11.2. The van der Waals surface area contributed by atoms with Crippen LogP contribution in [0.5, 0.6) is 17.2 Å². The van der Waals surface area contributed by atoms with Crippen LogP contribution in [0.3, 0.4) is 0 Å². The molecule has 4 aromatic carbocycles. The Morgan fingerprint density at radius 2 is 1.47 bits per heavy atom. The van der Waals surface area contributed by atoms with Crippen molar-refractivity contribution in [2.24, 2.45) is 0 Å². The molecule has 14 heteroatoms. The summed E-state index contributed by atoms with van der Waals surface area (Å²) in [5.74, 6) is 1.08. The fourth-order valence-corrected chi connectivity index (χ4v) is 7.45. The average molecular weight is 713 g/mol. The third kappa shape index (κ3) is 7.82. The number of hydrogen-bond donors (Lipinski definition) is 0. The predicted molar refractivity (Wildman–Crippen MR) is 182 cm³/mol. The molecule has 0 N–H and O–H groups in total. The quantitative estimate of drug-likeness (QED) is 0.0806. The lowest BCUT2D eigenvalue weighted by atomic mass is 9.86. The molecule has 0 radical (unpaired) electrons. The van der Waals surface area contributed by atoms with Crippen LogP contribution in [0, 0.1) is 10.1 Å². The smallest absolute Gasteiger partial charge is 0.312 e. The van der Waals surface area contributed by atoms with E-state index >= 15 is 0 Å². The Labute approximate surface area is 290 Å². The molecular weight excluding hydrogens is 676 g/mol. The summed E-state index contributed by atoms with van der Waals surface area (Å²) in [7, 11) is 1.71. The van der Waals surface area contributed by atoms with Crippen molar-refractivity contribution in [1.29, 1.82) is 0 Å². The molecule has 1 heterocycles. The van der Waals surface area contributed by atoms with Gasteiger partial charge in [-0.3, -0.25) is 10.1 Å². The van der Waals surface area contributed by atoms with Gasteiger partial charge in [0.05, 0.1) is 30.6 Å². The third-order valence-electron chi connectivity index (χ3n) is 8.31. The normalized spacial score (nSPS) is 16.0. The van der Waals surface area contributed by atoms with Crippen molar-refractivity contribution in [3.05, 3.63) is 122 Å². The average Bonchev–Trinajstić information content (AvgIpc) is 3.11. The summed E-state index contributed by atoms with van der Waals surface area (Å²) in [5, 5.41) is 12.9. The van der Waals surface area contributed by atoms with E-state index < -0.39 is 32.5 Å². The van der Waals surface area contributed by atoms with E-state index in [1.165, 1.54) is 30.7 Å². The van der Waals surface area contributed by atoms with Gasteiger partial charge in [0.2, 0.25) is 10.0 Å². The highest BCUT2D eigenvalue weighted by atomic mass is 35.5. The van der Waals surface area contributed by atoms with Crippen LogP contribution in [-0.4, -0.2) is 65.6 Å². The summed E-state index contributed by atoms with van der Waals surface area (Å²) in [5.41, 5.74) is 1.13. The minimum atomic E-state index is -4.28. The van der Waals surface area contributed by atoms with Crippen molar-refractivity contribution in [3.63, 3.8) is 0 Å². The SMILES string of the molecule is COc1ccc(CN(Cc2ccc(OC)cc2)S(=O)(=O)c2ccc(OC[C@@]3(C(OC)OC)OCCc4cc(Cl)ccc43)c([N+](=O)[O-])c2)cc1. The first kappa shape index (κ1) is 36.1. The van der Waals surface area contributed by atoms with E-state index in [4.69, 9.17) is 40.0 Å². The first-order chi connectivity index (χ1) is 23.5. The second kappa shape index (κ2) is 15.5. The van der Waals surface area contributed by atoms with Crippen LogP contribution in [0.2, 0.25) is 5.02 Å². The Hall–Kier alpha value is -4.24. The zero-order valence-electron chi connectivity index (χ0n) is 27.5. The van der Waals surface area contributed by atoms with Crippen LogP contribution in [0.15, 0.2) is 89.8 Å². The van der Waals surface area contributed by atoms with Crippen LogP contribution >= 0.6 is 11.6 Å². The van der Waals surface area contributed by atoms with E-state index in [0.717, 1.165) is 11.6 Å². The number of nitro benzene ring substituents is 1. The highest BCUT2D eigenvalue weighted by Gasteiger charge is 2.47. The molecule has 5 rings (SSSR count). The number of nitro groups is 1. The van der Waals surface area contributed by atoms with E-state index in [9.17, 15) is 18.5 Å². The Bertz CT molecular complexity index is 1820. The van der Waals surface area contributed by atoms with Gasteiger partial charge in [-0.05, 0) is 77.2 Å². The van der Waals surface area contributed by atoms with Gasteiger partial charge < -0.3 is 28.4 Å². The van der Waals surface area contributed by atoms with Crippen LogP contribution in [0.25, 0.3) is 0 Å². The van der Waals surface area contributed by atoms with Gasteiger partial charge in [-0.1, -0.05) is 41.9 Å². The van der Waals surface area contributed by atoms with Gasteiger partial charge in [-0.15, -0.1) is 0 Å². The molecule has 0 bridgehead atoms.